The van der Waals surface area contributed by atoms with Crippen LogP contribution in [0.2, 0.25) is 0 Å². The topological polar surface area (TPSA) is 206 Å². The Bertz CT molecular complexity index is 1270. The number of hydrogen-bond acceptors (Lipinski definition) is 11. The number of aliphatic carboxylic acids is 2. The fourth-order valence-corrected chi connectivity index (χ4v) is 4.72. The molecule has 4 N–H and O–H groups in total. The van der Waals surface area contributed by atoms with Crippen LogP contribution in [0.4, 0.5) is 0 Å². The van der Waals surface area contributed by atoms with E-state index in [-0.39, 0.29) is 94.1 Å². The van der Waals surface area contributed by atoms with Gasteiger partial charge in [0.1, 0.15) is 11.4 Å². The fraction of sp³-hybridized carbons (Fsp3) is 0.350. The van der Waals surface area contributed by atoms with Crippen LogP contribution < -0.4 is 64.4 Å². The Hall–Kier alpha value is -2.02. The Balaban J connectivity index is 0.00000253. The van der Waals surface area contributed by atoms with Crippen LogP contribution in [0.1, 0.15) is 11.5 Å². The van der Waals surface area contributed by atoms with E-state index in [9.17, 15) is 34.5 Å². The van der Waals surface area contributed by atoms with Crippen molar-refractivity contribution in [2.24, 2.45) is 7.05 Å². The summed E-state index contributed by atoms with van der Waals surface area (Å²) in [6.45, 7) is -0.213. The van der Waals surface area contributed by atoms with Crippen molar-refractivity contribution in [1.82, 2.24) is 30.4 Å². The quantitative estimate of drug-likeness (QED) is 0.0733. The Morgan fingerprint density at radius 1 is 1.26 bits per heavy atom. The maximum atomic E-state index is 13.2. The minimum Gasteiger partial charge on any atom is -0.508 e. The number of carbonyl (C=O) groups excluding carboxylic acids is 2. The third kappa shape index (κ3) is 5.78. The largest absolute Gasteiger partial charge is 1.00 e. The first kappa shape index (κ1) is 32.2. The SMILES string of the molecule is CO[C@@]1(NC(=O)[C@H](C(=O)O)c2ccc(O)cc2)C(=O)N2C(C(=O)O)=C(CSc3nnnn3C)CO[C@@H]21.[Na+].[Na+]. The van der Waals surface area contributed by atoms with Crippen LogP contribution in [-0.2, 0) is 35.7 Å². The van der Waals surface area contributed by atoms with Crippen LogP contribution in [0.25, 0.3) is 0 Å². The number of ether oxygens (including phenoxy) is 2. The van der Waals surface area contributed by atoms with E-state index in [0.717, 1.165) is 23.8 Å². The zero-order valence-corrected chi connectivity index (χ0v) is 25.6. The molecule has 0 unspecified atom stereocenters. The van der Waals surface area contributed by atoms with Crippen molar-refractivity contribution in [3.8, 4) is 5.75 Å². The number of carbonyl (C=O) groups is 4. The molecule has 2 amide bonds. The molecule has 190 valence electrons. The second kappa shape index (κ2) is 12.9. The minimum atomic E-state index is -2.14. The first-order valence-corrected chi connectivity index (χ1v) is 11.2. The molecule has 3 atom stereocenters. The molecule has 1 saturated heterocycles. The van der Waals surface area contributed by atoms with Gasteiger partial charge in [-0.15, -0.1) is 5.10 Å². The molecule has 3 heterocycles. The number of carboxylic acids is 2. The summed E-state index contributed by atoms with van der Waals surface area (Å²) in [6, 6.07) is 4.93. The number of hydrogen-bond donors (Lipinski definition) is 4. The van der Waals surface area contributed by atoms with Crippen LogP contribution in [0.3, 0.4) is 0 Å². The summed E-state index contributed by atoms with van der Waals surface area (Å²) >= 11 is 1.14. The molecule has 1 aromatic heterocycles. The maximum Gasteiger partial charge on any atom is 1.00 e. The van der Waals surface area contributed by atoms with E-state index in [0.29, 0.717) is 5.16 Å². The third-order valence-electron chi connectivity index (χ3n) is 5.64. The van der Waals surface area contributed by atoms with Gasteiger partial charge in [-0.2, -0.15) is 0 Å². The van der Waals surface area contributed by atoms with Crippen LogP contribution >= 0.6 is 11.8 Å². The average Bonchev–Trinajstić information content (AvgIpc) is 3.25. The van der Waals surface area contributed by atoms with Gasteiger partial charge < -0.3 is 30.1 Å². The number of carboxylic acid groups (broad SMARTS) is 2. The van der Waals surface area contributed by atoms with Crippen LogP contribution in [0, 0.1) is 0 Å². The number of fused-ring (bicyclic) bond motifs is 1. The molecule has 0 aliphatic carbocycles. The van der Waals surface area contributed by atoms with Crippen molar-refractivity contribution >= 4 is 35.5 Å². The molecule has 0 saturated carbocycles. The summed E-state index contributed by atoms with van der Waals surface area (Å²) in [5.41, 5.74) is -2.17. The molecule has 0 bridgehead atoms. The first-order chi connectivity index (χ1) is 17.1. The number of methoxy groups -OCH3 is 1. The Labute approximate surface area is 263 Å². The van der Waals surface area contributed by atoms with Gasteiger partial charge in [0.2, 0.25) is 11.1 Å². The number of thioether (sulfide) groups is 1. The van der Waals surface area contributed by atoms with Gasteiger partial charge in [-0.3, -0.25) is 19.3 Å². The number of aryl methyl sites for hydroxylation is 1. The molecule has 2 aliphatic heterocycles. The first-order valence-electron chi connectivity index (χ1n) is 10.2. The summed E-state index contributed by atoms with van der Waals surface area (Å²) < 4.78 is 12.4. The zero-order valence-electron chi connectivity index (χ0n) is 20.8. The predicted molar refractivity (Wildman–Crippen MR) is 117 cm³/mol. The number of nitrogens with one attached hydrogen (secondary N) is 1. The van der Waals surface area contributed by atoms with Crippen LogP contribution in [-0.4, -0.2) is 95.6 Å². The van der Waals surface area contributed by atoms with Crippen molar-refractivity contribution in [3.05, 3.63) is 41.1 Å². The van der Waals surface area contributed by atoms with Crippen molar-refractivity contribution in [2.45, 2.75) is 23.0 Å². The Morgan fingerprint density at radius 2 is 1.92 bits per heavy atom. The van der Waals surface area contributed by atoms with Crippen LogP contribution in [0.5, 0.6) is 5.75 Å². The van der Waals surface area contributed by atoms with Gasteiger partial charge in [0, 0.05) is 19.9 Å². The predicted octanol–water partition coefficient (Wildman–Crippen LogP) is -7.12. The molecular weight excluding hydrogens is 546 g/mol. The van der Waals surface area contributed by atoms with Crippen molar-refractivity contribution in [1.29, 1.82) is 0 Å². The number of aromatic nitrogens is 4. The number of aromatic hydroxyl groups is 1. The summed E-state index contributed by atoms with van der Waals surface area (Å²) in [5.74, 6) is -6.73. The fourth-order valence-electron chi connectivity index (χ4n) is 3.88. The van der Waals surface area contributed by atoms with Gasteiger partial charge in [-0.1, -0.05) is 23.9 Å². The number of phenols is 1. The van der Waals surface area contributed by atoms with Gasteiger partial charge >= 0.3 is 71.1 Å². The maximum absolute atomic E-state index is 13.2. The number of β-lactam (4-membered cyclic amide) rings is 1. The average molecular weight is 566 g/mol. The third-order valence-corrected chi connectivity index (χ3v) is 6.73. The number of tetrazole rings is 1. The van der Waals surface area contributed by atoms with Crippen LogP contribution in [0.15, 0.2) is 40.7 Å². The summed E-state index contributed by atoms with van der Waals surface area (Å²) in [4.78, 5) is 51.0. The van der Waals surface area contributed by atoms with E-state index in [2.05, 4.69) is 20.8 Å². The standard InChI is InChI=1S/C20H20N6O9S.2Na/c1-25-19(22-23-24-25)36-8-10-7-35-18-20(34-2,17(33)26(18)13(10)16(31)32)21-14(28)12(15(29)30)9-3-5-11(27)6-4-9;;/h3-6,12,18,27H,7-8H2,1-2H3,(H,21,28)(H,29,30)(H,31,32);;/q;2*+1/t12-,18-,20+;;/m1../s1. The molecule has 1 fully saturated rings. The molecule has 2 aliphatic rings. The Morgan fingerprint density at radius 3 is 2.45 bits per heavy atom. The van der Waals surface area contributed by atoms with Gasteiger partial charge in [0.05, 0.1) is 6.61 Å². The normalized spacial score (nSPS) is 20.8. The van der Waals surface area contributed by atoms with E-state index >= 15 is 0 Å². The Kier molecular flexibility index (Phi) is 10.9. The second-order valence-electron chi connectivity index (χ2n) is 7.76. The van der Waals surface area contributed by atoms with Gasteiger partial charge in [-0.05, 0) is 33.7 Å². The summed E-state index contributed by atoms with van der Waals surface area (Å²) in [7, 11) is 2.71. The van der Waals surface area contributed by atoms with Crippen molar-refractivity contribution < 1.29 is 103 Å². The molecular formula is C20H20N6Na2O9S+2. The van der Waals surface area contributed by atoms with Gasteiger partial charge in [0.15, 0.2) is 12.1 Å². The van der Waals surface area contributed by atoms with E-state index < -0.39 is 41.6 Å². The molecule has 2 aromatic rings. The smallest absolute Gasteiger partial charge is 0.508 e. The summed E-state index contributed by atoms with van der Waals surface area (Å²) in [5, 5.41) is 42.6. The van der Waals surface area contributed by atoms with Crippen molar-refractivity contribution in [3.63, 3.8) is 0 Å². The van der Waals surface area contributed by atoms with Gasteiger partial charge in [0.25, 0.3) is 11.6 Å². The number of nitrogens with zero attached hydrogens (tertiary/aromatic N) is 5. The second-order valence-corrected chi connectivity index (χ2v) is 8.70. The number of phenolic OH excluding ortho intramolecular Hbond substituents is 1. The molecule has 0 radical (unpaired) electrons. The number of rotatable bonds is 9. The molecule has 1 aromatic carbocycles. The zero-order chi connectivity index (χ0) is 26.2. The number of benzene rings is 1. The molecule has 0 spiro atoms. The van der Waals surface area contributed by atoms with E-state index in [4.69, 9.17) is 9.47 Å². The minimum absolute atomic E-state index is 0. The number of amides is 2. The molecule has 18 heteroatoms. The van der Waals surface area contributed by atoms with E-state index in [1.807, 2.05) is 0 Å². The van der Waals surface area contributed by atoms with Gasteiger partial charge in [-0.25, -0.2) is 9.48 Å². The molecule has 15 nitrogen and oxygen atoms in total. The summed E-state index contributed by atoms with van der Waals surface area (Å²) in [6.07, 6.45) is -1.36. The monoisotopic (exact) mass is 566 g/mol. The van der Waals surface area contributed by atoms with E-state index in [1.165, 1.54) is 28.9 Å². The van der Waals surface area contributed by atoms with Crippen molar-refractivity contribution in [2.75, 3.05) is 19.5 Å². The van der Waals surface area contributed by atoms with E-state index in [1.54, 1.807) is 7.05 Å². The molecule has 4 rings (SSSR count). The molecule has 38 heavy (non-hydrogen) atoms.